The Labute approximate surface area is 105 Å². The van der Waals surface area contributed by atoms with Crippen LogP contribution in [0.25, 0.3) is 0 Å². The first-order chi connectivity index (χ1) is 8.04. The minimum absolute atomic E-state index is 0.131. The van der Waals surface area contributed by atoms with Crippen LogP contribution >= 0.6 is 12.2 Å². The number of hydrazine groups is 1. The Morgan fingerprint density at radius 1 is 1.71 bits per heavy atom. The van der Waals surface area contributed by atoms with Crippen LogP contribution in [0.15, 0.2) is 10.6 Å². The topological polar surface area (TPSA) is 84.4 Å². The van der Waals surface area contributed by atoms with E-state index in [1.807, 2.05) is 6.92 Å². The molecule has 0 spiro atoms. The maximum atomic E-state index is 11.7. The SMILES string of the molecule is CCCCN(NC(=O)c1cc(C)on1)C(N)=S. The third kappa shape index (κ3) is 4.03. The molecular weight excluding hydrogens is 240 g/mol. The van der Waals surface area contributed by atoms with Gasteiger partial charge in [-0.2, -0.15) is 0 Å². The maximum absolute atomic E-state index is 11.7. The van der Waals surface area contributed by atoms with E-state index < -0.39 is 0 Å². The highest BCUT2D eigenvalue weighted by Gasteiger charge is 2.15. The zero-order valence-electron chi connectivity index (χ0n) is 9.90. The lowest BCUT2D eigenvalue weighted by Gasteiger charge is -2.22. The Bertz CT molecular complexity index is 405. The third-order valence-electron chi connectivity index (χ3n) is 2.10. The number of thiocarbonyl (C=S) groups is 1. The van der Waals surface area contributed by atoms with Crippen LogP contribution in [0.5, 0.6) is 0 Å². The lowest BCUT2D eigenvalue weighted by atomic mass is 10.3. The van der Waals surface area contributed by atoms with Crippen LogP contribution in [0, 0.1) is 6.92 Å². The molecule has 94 valence electrons. The number of nitrogens with one attached hydrogen (secondary N) is 1. The minimum Gasteiger partial charge on any atom is -0.375 e. The molecule has 0 fully saturated rings. The lowest BCUT2D eigenvalue weighted by molar-refractivity contribution is 0.0860. The van der Waals surface area contributed by atoms with E-state index in [1.54, 1.807) is 13.0 Å². The summed E-state index contributed by atoms with van der Waals surface area (Å²) in [5.41, 5.74) is 8.30. The molecule has 0 bridgehead atoms. The molecule has 0 aliphatic carbocycles. The molecule has 1 aromatic heterocycles. The van der Waals surface area contributed by atoms with E-state index >= 15 is 0 Å². The fourth-order valence-electron chi connectivity index (χ4n) is 1.19. The van der Waals surface area contributed by atoms with Gasteiger partial charge in [0.05, 0.1) is 0 Å². The van der Waals surface area contributed by atoms with E-state index in [2.05, 4.69) is 10.6 Å². The number of hydrogen-bond donors (Lipinski definition) is 2. The van der Waals surface area contributed by atoms with Gasteiger partial charge in [-0.25, -0.2) is 0 Å². The van der Waals surface area contributed by atoms with Crippen molar-refractivity contribution < 1.29 is 9.32 Å². The highest BCUT2D eigenvalue weighted by atomic mass is 32.1. The summed E-state index contributed by atoms with van der Waals surface area (Å²) in [6.07, 6.45) is 1.87. The van der Waals surface area contributed by atoms with Crippen LogP contribution in [-0.2, 0) is 0 Å². The Balaban J connectivity index is 2.60. The molecule has 0 atom stereocenters. The number of rotatable bonds is 4. The van der Waals surface area contributed by atoms with Crippen molar-refractivity contribution in [3.05, 3.63) is 17.5 Å². The number of aryl methyl sites for hydroxylation is 1. The standard InChI is InChI=1S/C10H16N4O2S/c1-3-4-5-14(10(11)17)12-9(15)8-6-7(2)16-13-8/h6H,3-5H2,1-2H3,(H2,11,17)(H,12,15). The van der Waals surface area contributed by atoms with Crippen LogP contribution in [0.3, 0.4) is 0 Å². The molecule has 7 heteroatoms. The molecule has 1 heterocycles. The molecule has 17 heavy (non-hydrogen) atoms. The summed E-state index contributed by atoms with van der Waals surface area (Å²) in [7, 11) is 0. The zero-order valence-corrected chi connectivity index (χ0v) is 10.7. The summed E-state index contributed by atoms with van der Waals surface area (Å²) in [6.45, 7) is 4.33. The largest absolute Gasteiger partial charge is 0.375 e. The Kier molecular flexibility index (Phi) is 4.89. The number of carbonyl (C=O) groups excluding carboxylic acids is 1. The zero-order chi connectivity index (χ0) is 12.8. The molecule has 1 aromatic rings. The molecule has 0 saturated carbocycles. The van der Waals surface area contributed by atoms with Gasteiger partial charge in [0.1, 0.15) is 5.76 Å². The maximum Gasteiger partial charge on any atom is 0.292 e. The van der Waals surface area contributed by atoms with E-state index in [4.69, 9.17) is 22.5 Å². The molecular formula is C10H16N4O2S. The Morgan fingerprint density at radius 2 is 2.41 bits per heavy atom. The van der Waals surface area contributed by atoms with Crippen molar-refractivity contribution in [2.24, 2.45) is 5.73 Å². The number of nitrogens with zero attached hydrogens (tertiary/aromatic N) is 2. The molecule has 0 saturated heterocycles. The smallest absolute Gasteiger partial charge is 0.292 e. The predicted octanol–water partition coefficient (Wildman–Crippen LogP) is 0.974. The third-order valence-corrected chi connectivity index (χ3v) is 2.32. The van der Waals surface area contributed by atoms with Gasteiger partial charge in [-0.05, 0) is 25.6 Å². The molecule has 0 radical (unpaired) electrons. The summed E-state index contributed by atoms with van der Waals surface area (Å²) < 4.78 is 4.82. The first-order valence-electron chi connectivity index (χ1n) is 5.36. The van der Waals surface area contributed by atoms with Crippen LogP contribution in [-0.4, -0.2) is 27.7 Å². The lowest BCUT2D eigenvalue weighted by Crippen LogP contribution is -2.49. The highest BCUT2D eigenvalue weighted by molar-refractivity contribution is 7.80. The van der Waals surface area contributed by atoms with Crippen LogP contribution < -0.4 is 11.2 Å². The molecule has 1 amide bonds. The second kappa shape index (κ2) is 6.19. The van der Waals surface area contributed by atoms with Gasteiger partial charge in [0, 0.05) is 12.6 Å². The normalized spacial score (nSPS) is 10.0. The first kappa shape index (κ1) is 13.4. The summed E-state index contributed by atoms with van der Waals surface area (Å²) >= 11 is 4.85. The van der Waals surface area contributed by atoms with Crippen molar-refractivity contribution in [2.75, 3.05) is 6.54 Å². The molecule has 0 unspecified atom stereocenters. The summed E-state index contributed by atoms with van der Waals surface area (Å²) in [5.74, 6) is 0.191. The van der Waals surface area contributed by atoms with E-state index in [9.17, 15) is 4.79 Å². The van der Waals surface area contributed by atoms with Gasteiger partial charge < -0.3 is 10.3 Å². The van der Waals surface area contributed by atoms with Gasteiger partial charge in [-0.3, -0.25) is 15.2 Å². The van der Waals surface area contributed by atoms with E-state index in [-0.39, 0.29) is 16.7 Å². The summed E-state index contributed by atoms with van der Waals surface area (Å²) in [4.78, 5) is 11.7. The Hall–Kier alpha value is -1.63. The van der Waals surface area contributed by atoms with Gasteiger partial charge in [-0.15, -0.1) is 0 Å². The van der Waals surface area contributed by atoms with Crippen LogP contribution in [0.4, 0.5) is 0 Å². The average Bonchev–Trinajstić information content (AvgIpc) is 2.70. The molecule has 0 aliphatic rings. The van der Waals surface area contributed by atoms with Crippen LogP contribution in [0.1, 0.15) is 36.0 Å². The molecule has 0 aromatic carbocycles. The van der Waals surface area contributed by atoms with Gasteiger partial charge in [-0.1, -0.05) is 18.5 Å². The van der Waals surface area contributed by atoms with Crippen molar-refractivity contribution in [1.82, 2.24) is 15.6 Å². The highest BCUT2D eigenvalue weighted by Crippen LogP contribution is 2.02. The molecule has 1 rings (SSSR count). The number of carbonyl (C=O) groups is 1. The summed E-state index contributed by atoms with van der Waals surface area (Å²) in [5, 5.41) is 5.18. The van der Waals surface area contributed by atoms with E-state index in [0.29, 0.717) is 12.3 Å². The second-order valence-electron chi connectivity index (χ2n) is 3.61. The minimum atomic E-state index is -0.384. The van der Waals surface area contributed by atoms with Gasteiger partial charge in [0.25, 0.3) is 5.91 Å². The number of aromatic nitrogens is 1. The predicted molar refractivity (Wildman–Crippen MR) is 67.1 cm³/mol. The van der Waals surface area contributed by atoms with Crippen LogP contribution in [0.2, 0.25) is 0 Å². The molecule has 6 nitrogen and oxygen atoms in total. The molecule has 3 N–H and O–H groups in total. The Morgan fingerprint density at radius 3 is 2.88 bits per heavy atom. The number of unbranched alkanes of at least 4 members (excludes halogenated alkanes) is 1. The van der Waals surface area contributed by atoms with Crippen molar-refractivity contribution in [3.8, 4) is 0 Å². The second-order valence-corrected chi connectivity index (χ2v) is 4.03. The van der Waals surface area contributed by atoms with Gasteiger partial charge >= 0.3 is 0 Å². The van der Waals surface area contributed by atoms with E-state index in [1.165, 1.54) is 5.01 Å². The van der Waals surface area contributed by atoms with E-state index in [0.717, 1.165) is 12.8 Å². The van der Waals surface area contributed by atoms with Crippen molar-refractivity contribution in [1.29, 1.82) is 0 Å². The number of hydrogen-bond acceptors (Lipinski definition) is 4. The number of nitrogens with two attached hydrogens (primary N) is 1. The van der Waals surface area contributed by atoms with Crippen molar-refractivity contribution >= 4 is 23.2 Å². The monoisotopic (exact) mass is 256 g/mol. The fourth-order valence-corrected chi connectivity index (χ4v) is 1.33. The summed E-state index contributed by atoms with van der Waals surface area (Å²) in [6, 6.07) is 1.55. The fraction of sp³-hybridized carbons (Fsp3) is 0.500. The average molecular weight is 256 g/mol. The van der Waals surface area contributed by atoms with Gasteiger partial charge in [0.15, 0.2) is 10.8 Å². The number of amides is 1. The van der Waals surface area contributed by atoms with Crippen molar-refractivity contribution in [2.45, 2.75) is 26.7 Å². The first-order valence-corrected chi connectivity index (χ1v) is 5.76. The molecule has 0 aliphatic heterocycles. The van der Waals surface area contributed by atoms with Gasteiger partial charge in [0.2, 0.25) is 0 Å². The van der Waals surface area contributed by atoms with Crippen molar-refractivity contribution in [3.63, 3.8) is 0 Å². The quantitative estimate of drug-likeness (QED) is 0.617.